The van der Waals surface area contributed by atoms with E-state index in [1.165, 1.54) is 0 Å². The summed E-state index contributed by atoms with van der Waals surface area (Å²) in [4.78, 5) is 59.2. The smallest absolute Gasteiger partial charge is 0.413 e. The molecule has 276 valence electrons. The van der Waals surface area contributed by atoms with Crippen molar-refractivity contribution in [3.63, 3.8) is 0 Å². The summed E-state index contributed by atoms with van der Waals surface area (Å²) in [6.07, 6.45) is 5.23. The number of carbonyl (C=O) groups is 4. The van der Waals surface area contributed by atoms with Crippen molar-refractivity contribution < 1.29 is 38.5 Å². The molecule has 4 rings (SSSR count). The van der Waals surface area contributed by atoms with E-state index >= 15 is 0 Å². The lowest BCUT2D eigenvalue weighted by atomic mass is 9.97. The van der Waals surface area contributed by atoms with E-state index in [2.05, 4.69) is 30.4 Å². The molecule has 0 unspecified atom stereocenters. The molecule has 2 aliphatic heterocycles. The van der Waals surface area contributed by atoms with Gasteiger partial charge < -0.3 is 19.3 Å². The molecule has 0 bridgehead atoms. The number of carboxylic acids is 1. The van der Waals surface area contributed by atoms with Crippen LogP contribution in [0.5, 0.6) is 0 Å². The first-order chi connectivity index (χ1) is 23.5. The van der Waals surface area contributed by atoms with Crippen LogP contribution in [0.15, 0.2) is 36.7 Å². The van der Waals surface area contributed by atoms with Gasteiger partial charge in [-0.15, -0.1) is 0 Å². The van der Waals surface area contributed by atoms with Crippen molar-refractivity contribution in [2.24, 2.45) is 11.8 Å². The lowest BCUT2D eigenvalue weighted by Gasteiger charge is -2.30. The molecule has 3 N–H and O–H groups in total. The Morgan fingerprint density at radius 2 is 1.14 bits per heavy atom. The normalized spacial score (nSPS) is 16.4. The fourth-order valence-corrected chi connectivity index (χ4v) is 5.54. The zero-order valence-corrected chi connectivity index (χ0v) is 30.5. The Kier molecular flexibility index (Phi) is 14.9. The minimum absolute atomic E-state index is 0.00744. The summed E-state index contributed by atoms with van der Waals surface area (Å²) >= 11 is 0. The lowest BCUT2D eigenvalue weighted by Crippen LogP contribution is -2.36. The number of amides is 2. The second kappa shape index (κ2) is 18.6. The van der Waals surface area contributed by atoms with E-state index < -0.39 is 29.4 Å². The van der Waals surface area contributed by atoms with Crippen LogP contribution in [0.25, 0.3) is 0 Å². The third kappa shape index (κ3) is 15.1. The number of anilines is 2. The molecule has 0 aliphatic carbocycles. The number of nitrogens with one attached hydrogen (secondary N) is 2. The number of pyridine rings is 2. The zero-order chi connectivity index (χ0) is 36.9. The average molecular weight is 699 g/mol. The molecule has 0 spiro atoms. The second-order valence-corrected chi connectivity index (χ2v) is 14.5. The zero-order valence-electron chi connectivity index (χ0n) is 30.5. The van der Waals surface area contributed by atoms with Crippen LogP contribution in [0.4, 0.5) is 21.2 Å². The summed E-state index contributed by atoms with van der Waals surface area (Å²) < 4.78 is 15.6. The quantitative estimate of drug-likeness (QED) is 0.209. The van der Waals surface area contributed by atoms with E-state index in [1.54, 1.807) is 33.2 Å². The van der Waals surface area contributed by atoms with Crippen molar-refractivity contribution in [3.05, 3.63) is 47.8 Å². The number of hydrogen-bond acceptors (Lipinski definition) is 11. The van der Waals surface area contributed by atoms with Crippen LogP contribution in [0.2, 0.25) is 0 Å². The third-order valence-corrected chi connectivity index (χ3v) is 7.86. The van der Waals surface area contributed by atoms with Crippen LogP contribution in [0, 0.1) is 11.8 Å². The van der Waals surface area contributed by atoms with E-state index in [9.17, 15) is 19.2 Å². The van der Waals surface area contributed by atoms with E-state index in [-0.39, 0.29) is 17.8 Å². The minimum atomic E-state index is -0.706. The predicted octanol–water partition coefficient (Wildman–Crippen LogP) is 5.93. The topological polar surface area (TPSA) is 173 Å². The standard InChI is InChI=1S/C19H29N3O4.C17H25N3O4/c1-5-25-17(23)15-7-10-22(11-8-15)13-14-6-9-20-16(12-14)21-18(24)26-19(2,3)4;1-17(2,3)24-16(23)19-14-10-12(4-7-18-14)11-20-8-5-13(6-9-20)15(21)22/h6,9,12,15H,5,7-8,10-11,13H2,1-4H3,(H,20,21,24);4,7,10,13H,5-6,8-9,11H2,1-3H3,(H,21,22)(H,18,19,23). The van der Waals surface area contributed by atoms with Gasteiger partial charge in [0.15, 0.2) is 0 Å². The molecule has 0 saturated carbocycles. The Labute approximate surface area is 295 Å². The maximum absolute atomic E-state index is 11.9. The highest BCUT2D eigenvalue weighted by Crippen LogP contribution is 2.22. The first kappa shape index (κ1) is 40.1. The van der Waals surface area contributed by atoms with Crippen molar-refractivity contribution in [2.75, 3.05) is 43.4 Å². The van der Waals surface area contributed by atoms with Gasteiger partial charge in [-0.05, 0) is 136 Å². The van der Waals surface area contributed by atoms with Crippen LogP contribution >= 0.6 is 0 Å². The van der Waals surface area contributed by atoms with Crippen molar-refractivity contribution in [2.45, 2.75) is 98.4 Å². The van der Waals surface area contributed by atoms with Gasteiger partial charge in [0.1, 0.15) is 22.8 Å². The molecule has 0 radical (unpaired) electrons. The Hall–Kier alpha value is -4.30. The number of rotatable bonds is 9. The van der Waals surface area contributed by atoms with Gasteiger partial charge in [0, 0.05) is 25.5 Å². The molecule has 2 amide bonds. The van der Waals surface area contributed by atoms with E-state index in [4.69, 9.17) is 19.3 Å². The van der Waals surface area contributed by atoms with Gasteiger partial charge in [-0.25, -0.2) is 19.6 Å². The number of ether oxygens (including phenoxy) is 3. The molecule has 14 heteroatoms. The first-order valence-corrected chi connectivity index (χ1v) is 17.2. The molecule has 2 fully saturated rings. The van der Waals surface area contributed by atoms with Crippen LogP contribution in [-0.2, 0) is 36.9 Å². The maximum Gasteiger partial charge on any atom is 0.413 e. The molecular weight excluding hydrogens is 644 g/mol. The summed E-state index contributed by atoms with van der Waals surface area (Å²) in [5.41, 5.74) is 0.965. The van der Waals surface area contributed by atoms with Crippen molar-refractivity contribution >= 4 is 35.8 Å². The van der Waals surface area contributed by atoms with E-state index in [0.29, 0.717) is 37.6 Å². The van der Waals surface area contributed by atoms with Gasteiger partial charge in [0.05, 0.1) is 18.4 Å². The lowest BCUT2D eigenvalue weighted by molar-refractivity contribution is -0.149. The number of aliphatic carboxylic acids is 1. The number of likely N-dealkylation sites (tertiary alicyclic amines) is 2. The van der Waals surface area contributed by atoms with E-state index in [0.717, 1.165) is 56.7 Å². The predicted molar refractivity (Wildman–Crippen MR) is 188 cm³/mol. The Morgan fingerprint density at radius 3 is 1.50 bits per heavy atom. The summed E-state index contributed by atoms with van der Waals surface area (Å²) in [5, 5.41) is 14.3. The van der Waals surface area contributed by atoms with Gasteiger partial charge >= 0.3 is 24.1 Å². The number of carbonyl (C=O) groups excluding carboxylic acids is 3. The van der Waals surface area contributed by atoms with Crippen molar-refractivity contribution in [3.8, 4) is 0 Å². The van der Waals surface area contributed by atoms with Crippen molar-refractivity contribution in [1.29, 1.82) is 0 Å². The molecule has 50 heavy (non-hydrogen) atoms. The molecule has 4 heterocycles. The number of carboxylic acid groups (broad SMARTS) is 1. The highest BCUT2D eigenvalue weighted by Gasteiger charge is 2.27. The summed E-state index contributed by atoms with van der Waals surface area (Å²) in [6.45, 7) is 17.8. The van der Waals surface area contributed by atoms with Crippen LogP contribution in [-0.4, -0.2) is 93.0 Å². The monoisotopic (exact) mass is 698 g/mol. The SMILES string of the molecule is CC(C)(C)OC(=O)Nc1cc(CN2CCC(C(=O)O)CC2)ccn1.CCOC(=O)C1CCN(Cc2ccnc(NC(=O)OC(C)(C)C)c2)CC1. The van der Waals surface area contributed by atoms with Gasteiger partial charge in [-0.2, -0.15) is 0 Å². The third-order valence-electron chi connectivity index (χ3n) is 7.86. The minimum Gasteiger partial charge on any atom is -0.481 e. The fourth-order valence-electron chi connectivity index (χ4n) is 5.54. The number of aromatic nitrogens is 2. The summed E-state index contributed by atoms with van der Waals surface area (Å²) in [7, 11) is 0. The average Bonchev–Trinajstić information content (AvgIpc) is 3.00. The van der Waals surface area contributed by atoms with Crippen LogP contribution < -0.4 is 10.6 Å². The van der Waals surface area contributed by atoms with Gasteiger partial charge in [0.25, 0.3) is 0 Å². The Balaban J connectivity index is 0.000000271. The molecule has 2 aromatic rings. The van der Waals surface area contributed by atoms with Crippen molar-refractivity contribution in [1.82, 2.24) is 19.8 Å². The molecule has 0 atom stereocenters. The number of piperidine rings is 2. The van der Waals surface area contributed by atoms with Crippen LogP contribution in [0.1, 0.15) is 85.3 Å². The largest absolute Gasteiger partial charge is 0.481 e. The number of esters is 1. The van der Waals surface area contributed by atoms with Gasteiger partial charge in [0.2, 0.25) is 0 Å². The molecule has 0 aromatic carbocycles. The maximum atomic E-state index is 11.9. The van der Waals surface area contributed by atoms with Gasteiger partial charge in [-0.3, -0.25) is 30.0 Å². The summed E-state index contributed by atoms with van der Waals surface area (Å²) in [5.74, 6) is -0.0984. The second-order valence-electron chi connectivity index (χ2n) is 14.5. The van der Waals surface area contributed by atoms with E-state index in [1.807, 2.05) is 52.0 Å². The summed E-state index contributed by atoms with van der Waals surface area (Å²) in [6, 6.07) is 7.48. The number of nitrogens with zero attached hydrogens (tertiary/aromatic N) is 4. The first-order valence-electron chi connectivity index (χ1n) is 17.2. The Bertz CT molecular complexity index is 1420. The molecule has 14 nitrogen and oxygen atoms in total. The van der Waals surface area contributed by atoms with Crippen LogP contribution in [0.3, 0.4) is 0 Å². The fraction of sp³-hybridized carbons (Fsp3) is 0.611. The molecule has 2 aromatic heterocycles. The number of hydrogen-bond donors (Lipinski definition) is 3. The highest BCUT2D eigenvalue weighted by molar-refractivity contribution is 5.84. The van der Waals surface area contributed by atoms with Gasteiger partial charge in [-0.1, -0.05) is 0 Å². The highest BCUT2D eigenvalue weighted by atomic mass is 16.6. The Morgan fingerprint density at radius 1 is 0.740 bits per heavy atom. The molecule has 2 saturated heterocycles. The molecular formula is C36H54N6O8. The molecule has 2 aliphatic rings.